The zero-order valence-electron chi connectivity index (χ0n) is 19.9. The molecule has 1 aromatic carbocycles. The van der Waals surface area contributed by atoms with Crippen molar-refractivity contribution >= 4 is 17.8 Å². The number of anilines is 1. The monoisotopic (exact) mass is 469 g/mol. The Hall–Kier alpha value is -3.56. The molecule has 2 aliphatic heterocycles. The number of methoxy groups -OCH3 is 3. The molecule has 0 saturated carbocycles. The molecule has 3 heterocycles. The van der Waals surface area contributed by atoms with Gasteiger partial charge in [-0.2, -0.15) is 0 Å². The fourth-order valence-electron chi connectivity index (χ4n) is 4.59. The summed E-state index contributed by atoms with van der Waals surface area (Å²) in [6.45, 7) is 3.63. The van der Waals surface area contributed by atoms with Crippen LogP contribution >= 0.6 is 0 Å². The zero-order valence-corrected chi connectivity index (χ0v) is 19.9. The standard InChI is InChI=1S/C24H31N5O5/c1-32-19-14-18(15-20(33-2)21(19)34-3)23(31)29-9-4-6-17(16-29)22(30)27-10-12-28(13-11-27)24-25-7-5-8-26-24/h5,7-8,14-15,17H,4,6,9-13,16H2,1-3H3. The highest BCUT2D eigenvalue weighted by Gasteiger charge is 2.33. The van der Waals surface area contributed by atoms with Crippen LogP contribution in [0.2, 0.25) is 0 Å². The highest BCUT2D eigenvalue weighted by molar-refractivity contribution is 5.96. The van der Waals surface area contributed by atoms with E-state index in [2.05, 4.69) is 14.9 Å². The molecule has 1 aromatic heterocycles. The number of nitrogens with zero attached hydrogens (tertiary/aromatic N) is 5. The van der Waals surface area contributed by atoms with Crippen LogP contribution in [0.25, 0.3) is 0 Å². The van der Waals surface area contributed by atoms with E-state index in [9.17, 15) is 9.59 Å². The molecule has 0 bridgehead atoms. The first-order valence-corrected chi connectivity index (χ1v) is 11.5. The van der Waals surface area contributed by atoms with Crippen molar-refractivity contribution in [3.05, 3.63) is 36.2 Å². The van der Waals surface area contributed by atoms with Gasteiger partial charge in [-0.3, -0.25) is 9.59 Å². The molecular weight excluding hydrogens is 438 g/mol. The van der Waals surface area contributed by atoms with Gasteiger partial charge in [0.1, 0.15) is 0 Å². The van der Waals surface area contributed by atoms with Gasteiger partial charge in [-0.25, -0.2) is 9.97 Å². The van der Waals surface area contributed by atoms with Crippen molar-refractivity contribution in [3.8, 4) is 17.2 Å². The smallest absolute Gasteiger partial charge is 0.254 e. The van der Waals surface area contributed by atoms with E-state index in [1.807, 2.05) is 4.90 Å². The Morgan fingerprint density at radius 3 is 2.12 bits per heavy atom. The van der Waals surface area contributed by atoms with Gasteiger partial charge in [0.25, 0.3) is 5.91 Å². The SMILES string of the molecule is COc1cc(C(=O)N2CCCC(C(=O)N3CCN(c4ncccn4)CC3)C2)cc(OC)c1OC. The number of piperidine rings is 1. The van der Waals surface area contributed by atoms with E-state index < -0.39 is 0 Å². The number of hydrogen-bond donors (Lipinski definition) is 0. The van der Waals surface area contributed by atoms with Crippen LogP contribution in [-0.2, 0) is 4.79 Å². The molecule has 0 N–H and O–H groups in total. The lowest BCUT2D eigenvalue weighted by Crippen LogP contribution is -2.53. The minimum atomic E-state index is -0.209. The first kappa shape index (κ1) is 23.6. The fraction of sp³-hybridized carbons (Fsp3) is 0.500. The summed E-state index contributed by atoms with van der Waals surface area (Å²) in [5.74, 6) is 1.73. The van der Waals surface area contributed by atoms with Gasteiger partial charge in [-0.05, 0) is 31.0 Å². The number of amides is 2. The first-order chi connectivity index (χ1) is 16.5. The molecule has 10 nitrogen and oxygen atoms in total. The van der Waals surface area contributed by atoms with Gasteiger partial charge >= 0.3 is 0 Å². The third-order valence-electron chi connectivity index (χ3n) is 6.40. The van der Waals surface area contributed by atoms with Crippen LogP contribution in [0.15, 0.2) is 30.6 Å². The highest BCUT2D eigenvalue weighted by atomic mass is 16.5. The number of carbonyl (C=O) groups excluding carboxylic acids is 2. The molecule has 182 valence electrons. The number of aromatic nitrogens is 2. The van der Waals surface area contributed by atoms with Crippen molar-refractivity contribution in [2.45, 2.75) is 12.8 Å². The number of piperazine rings is 1. The minimum absolute atomic E-state index is 0.107. The third kappa shape index (κ3) is 4.85. The number of benzene rings is 1. The second kappa shape index (κ2) is 10.6. The second-order valence-corrected chi connectivity index (χ2v) is 8.37. The van der Waals surface area contributed by atoms with Gasteiger partial charge in [0, 0.05) is 57.2 Å². The van der Waals surface area contributed by atoms with Crippen molar-refractivity contribution in [2.75, 3.05) is 65.5 Å². The van der Waals surface area contributed by atoms with Gasteiger partial charge in [0.15, 0.2) is 11.5 Å². The molecule has 2 aromatic rings. The number of rotatable bonds is 6. The van der Waals surface area contributed by atoms with Gasteiger partial charge in [0.2, 0.25) is 17.6 Å². The summed E-state index contributed by atoms with van der Waals surface area (Å²) in [6, 6.07) is 5.09. The summed E-state index contributed by atoms with van der Waals surface area (Å²) >= 11 is 0. The Bertz CT molecular complexity index is 985. The quantitative estimate of drug-likeness (QED) is 0.631. The average molecular weight is 470 g/mol. The van der Waals surface area contributed by atoms with E-state index in [4.69, 9.17) is 14.2 Å². The van der Waals surface area contributed by atoms with Crippen LogP contribution in [0, 0.1) is 5.92 Å². The molecule has 0 radical (unpaired) electrons. The predicted molar refractivity (Wildman–Crippen MR) is 126 cm³/mol. The van der Waals surface area contributed by atoms with Gasteiger partial charge in [0.05, 0.1) is 27.2 Å². The van der Waals surface area contributed by atoms with Crippen LogP contribution in [-0.4, -0.2) is 92.2 Å². The van der Waals surface area contributed by atoms with E-state index in [1.54, 1.807) is 35.5 Å². The zero-order chi connectivity index (χ0) is 24.1. The molecule has 0 spiro atoms. The number of hydrogen-bond acceptors (Lipinski definition) is 8. The number of ether oxygens (including phenoxy) is 3. The molecule has 2 fully saturated rings. The van der Waals surface area contributed by atoms with E-state index in [0.717, 1.165) is 12.8 Å². The molecule has 10 heteroatoms. The summed E-state index contributed by atoms with van der Waals surface area (Å²) in [6.07, 6.45) is 5.01. The topological polar surface area (TPSA) is 97.3 Å². The van der Waals surface area contributed by atoms with Gasteiger partial charge < -0.3 is 28.9 Å². The van der Waals surface area contributed by atoms with Crippen molar-refractivity contribution in [1.82, 2.24) is 19.8 Å². The molecule has 1 unspecified atom stereocenters. The molecule has 1 atom stereocenters. The van der Waals surface area contributed by atoms with Crippen molar-refractivity contribution < 1.29 is 23.8 Å². The fourth-order valence-corrected chi connectivity index (χ4v) is 4.59. The Balaban J connectivity index is 1.40. The number of likely N-dealkylation sites (tertiary alicyclic amines) is 1. The molecule has 2 amide bonds. The van der Waals surface area contributed by atoms with Crippen molar-refractivity contribution in [2.24, 2.45) is 5.92 Å². The summed E-state index contributed by atoms with van der Waals surface area (Å²) in [5, 5.41) is 0. The van der Waals surface area contributed by atoms with Crippen LogP contribution < -0.4 is 19.1 Å². The van der Waals surface area contributed by atoms with Crippen molar-refractivity contribution in [3.63, 3.8) is 0 Å². The maximum Gasteiger partial charge on any atom is 0.254 e. The normalized spacial score (nSPS) is 18.4. The van der Waals surface area contributed by atoms with Crippen LogP contribution in [0.5, 0.6) is 17.2 Å². The lowest BCUT2D eigenvalue weighted by molar-refractivity contribution is -0.137. The molecule has 4 rings (SSSR count). The van der Waals surface area contributed by atoms with Crippen LogP contribution in [0.3, 0.4) is 0 Å². The second-order valence-electron chi connectivity index (χ2n) is 8.37. The van der Waals surface area contributed by atoms with Gasteiger partial charge in [-0.1, -0.05) is 0 Å². The lowest BCUT2D eigenvalue weighted by Gasteiger charge is -2.39. The predicted octanol–water partition coefficient (Wildman–Crippen LogP) is 1.70. The molecule has 2 aliphatic rings. The molecular formula is C24H31N5O5. The Morgan fingerprint density at radius 2 is 1.53 bits per heavy atom. The third-order valence-corrected chi connectivity index (χ3v) is 6.40. The highest BCUT2D eigenvalue weighted by Crippen LogP contribution is 2.38. The van der Waals surface area contributed by atoms with Gasteiger partial charge in [-0.15, -0.1) is 0 Å². The minimum Gasteiger partial charge on any atom is -0.493 e. The summed E-state index contributed by atoms with van der Waals surface area (Å²) in [7, 11) is 4.56. The first-order valence-electron chi connectivity index (χ1n) is 11.5. The van der Waals surface area contributed by atoms with E-state index in [-0.39, 0.29) is 17.7 Å². The molecule has 34 heavy (non-hydrogen) atoms. The summed E-state index contributed by atoms with van der Waals surface area (Å²) in [4.78, 5) is 40.9. The Kier molecular flexibility index (Phi) is 7.34. The number of carbonyl (C=O) groups is 2. The average Bonchev–Trinajstić information content (AvgIpc) is 2.92. The Labute approximate surface area is 199 Å². The van der Waals surface area contributed by atoms with E-state index in [1.165, 1.54) is 21.3 Å². The van der Waals surface area contributed by atoms with E-state index >= 15 is 0 Å². The molecule has 0 aliphatic carbocycles. The van der Waals surface area contributed by atoms with Crippen LogP contribution in [0.4, 0.5) is 5.95 Å². The largest absolute Gasteiger partial charge is 0.493 e. The Morgan fingerprint density at radius 1 is 0.882 bits per heavy atom. The van der Waals surface area contributed by atoms with Crippen LogP contribution in [0.1, 0.15) is 23.2 Å². The summed E-state index contributed by atoms with van der Waals surface area (Å²) in [5.41, 5.74) is 0.444. The van der Waals surface area contributed by atoms with Crippen molar-refractivity contribution in [1.29, 1.82) is 0 Å². The lowest BCUT2D eigenvalue weighted by atomic mass is 9.95. The van der Waals surface area contributed by atoms with E-state index in [0.29, 0.717) is 68.0 Å². The molecule has 2 saturated heterocycles. The maximum atomic E-state index is 13.3. The maximum absolute atomic E-state index is 13.3. The summed E-state index contributed by atoms with van der Waals surface area (Å²) < 4.78 is 16.1.